The van der Waals surface area contributed by atoms with Crippen LogP contribution in [0.4, 0.5) is 0 Å². The van der Waals surface area contributed by atoms with Gasteiger partial charge in [0.25, 0.3) is 23.0 Å². The largest absolute Gasteiger partial charge is 0.493 e. The molecule has 1 aliphatic carbocycles. The summed E-state index contributed by atoms with van der Waals surface area (Å²) in [5, 5.41) is 4.03. The monoisotopic (exact) mass is 641 g/mol. The van der Waals surface area contributed by atoms with Crippen LogP contribution in [0, 0.1) is 12.3 Å². The third-order valence-electron chi connectivity index (χ3n) is 8.58. The van der Waals surface area contributed by atoms with E-state index in [2.05, 4.69) is 32.0 Å². The molecule has 13 nitrogen and oxygen atoms in total. The Kier molecular flexibility index (Phi) is 9.60. The SMILES string of the molecule is Cc1ccccc1OCCCOc1nc2c(=O)n(CCCCc3noc(-c4ccccn4)n3)c(=O)n(CCCC3(C)CC3)c2c(=O)[nH]1. The Balaban J connectivity index is 1.16. The van der Waals surface area contributed by atoms with Gasteiger partial charge in [-0.2, -0.15) is 9.97 Å². The van der Waals surface area contributed by atoms with Gasteiger partial charge in [-0.15, -0.1) is 0 Å². The van der Waals surface area contributed by atoms with E-state index in [1.807, 2.05) is 37.3 Å². The molecule has 4 heterocycles. The summed E-state index contributed by atoms with van der Waals surface area (Å²) in [4.78, 5) is 56.3. The third-order valence-corrected chi connectivity index (χ3v) is 8.58. The first-order valence-electron chi connectivity index (χ1n) is 16.1. The summed E-state index contributed by atoms with van der Waals surface area (Å²) in [5.74, 6) is 1.65. The highest BCUT2D eigenvalue weighted by Gasteiger charge is 2.36. The molecule has 1 N–H and O–H groups in total. The molecule has 1 aliphatic rings. The highest BCUT2D eigenvalue weighted by molar-refractivity contribution is 5.72. The molecular weight excluding hydrogens is 602 g/mol. The minimum Gasteiger partial charge on any atom is -0.493 e. The Bertz CT molecular complexity index is 2010. The second-order valence-corrected chi connectivity index (χ2v) is 12.4. The number of fused-ring (bicyclic) bond motifs is 1. The predicted molar refractivity (Wildman–Crippen MR) is 175 cm³/mol. The Morgan fingerprint density at radius 1 is 0.915 bits per heavy atom. The lowest BCUT2D eigenvalue weighted by Gasteiger charge is -2.15. The lowest BCUT2D eigenvalue weighted by Crippen LogP contribution is -2.42. The van der Waals surface area contributed by atoms with Gasteiger partial charge in [0.15, 0.2) is 11.3 Å². The zero-order valence-electron chi connectivity index (χ0n) is 26.7. The maximum Gasteiger partial charge on any atom is 0.331 e. The van der Waals surface area contributed by atoms with Crippen molar-refractivity contribution in [1.82, 2.24) is 34.2 Å². The molecule has 0 bridgehead atoms. The predicted octanol–water partition coefficient (Wildman–Crippen LogP) is 4.45. The first kappa shape index (κ1) is 31.9. The molecule has 1 fully saturated rings. The summed E-state index contributed by atoms with van der Waals surface area (Å²) in [6, 6.07) is 13.1. The maximum absolute atomic E-state index is 13.7. The number of aromatic amines is 1. The van der Waals surface area contributed by atoms with Crippen LogP contribution in [0.5, 0.6) is 11.8 Å². The van der Waals surface area contributed by atoms with Crippen LogP contribution in [0.25, 0.3) is 22.6 Å². The van der Waals surface area contributed by atoms with Crippen LogP contribution >= 0.6 is 0 Å². The highest BCUT2D eigenvalue weighted by atomic mass is 16.5. The number of aryl methyl sites for hydroxylation is 3. The quantitative estimate of drug-likeness (QED) is 0.153. The zero-order chi connectivity index (χ0) is 32.8. The lowest BCUT2D eigenvalue weighted by molar-refractivity contribution is 0.235. The van der Waals surface area contributed by atoms with Gasteiger partial charge in [-0.25, -0.2) is 4.79 Å². The van der Waals surface area contributed by atoms with Crippen LogP contribution in [0.15, 0.2) is 67.6 Å². The molecule has 0 amide bonds. The van der Waals surface area contributed by atoms with Crippen molar-refractivity contribution >= 4 is 11.0 Å². The molecule has 0 unspecified atom stereocenters. The number of aromatic nitrogens is 7. The average molecular weight is 642 g/mol. The van der Waals surface area contributed by atoms with E-state index in [1.54, 1.807) is 18.3 Å². The number of nitrogens with one attached hydrogen (secondary N) is 1. The van der Waals surface area contributed by atoms with Crippen LogP contribution in [0.1, 0.15) is 63.3 Å². The van der Waals surface area contributed by atoms with Gasteiger partial charge < -0.3 is 14.0 Å². The van der Waals surface area contributed by atoms with Gasteiger partial charge in [-0.1, -0.05) is 36.3 Å². The summed E-state index contributed by atoms with van der Waals surface area (Å²) in [7, 11) is 0. The second kappa shape index (κ2) is 14.1. The molecule has 6 rings (SSSR count). The molecule has 13 heteroatoms. The molecule has 1 aromatic carbocycles. The van der Waals surface area contributed by atoms with Crippen LogP contribution in [-0.4, -0.2) is 47.4 Å². The van der Waals surface area contributed by atoms with E-state index in [4.69, 9.17) is 14.0 Å². The Labute approximate surface area is 270 Å². The minimum absolute atomic E-state index is 0.0266. The van der Waals surface area contributed by atoms with E-state index in [0.29, 0.717) is 62.7 Å². The van der Waals surface area contributed by atoms with Gasteiger partial charge >= 0.3 is 5.69 Å². The summed E-state index contributed by atoms with van der Waals surface area (Å²) < 4.78 is 19.4. The fourth-order valence-electron chi connectivity index (χ4n) is 5.53. The number of unbranched alkanes of at least 4 members (excludes halogenated alkanes) is 1. The number of ether oxygens (including phenoxy) is 2. The molecule has 246 valence electrons. The fraction of sp³-hybridized carbons (Fsp3) is 0.441. The maximum atomic E-state index is 13.7. The normalized spacial score (nSPS) is 13.6. The van der Waals surface area contributed by atoms with Crippen molar-refractivity contribution in [3.8, 4) is 23.3 Å². The lowest BCUT2D eigenvalue weighted by atomic mass is 10.0. The van der Waals surface area contributed by atoms with Gasteiger partial charge in [-0.05, 0) is 74.6 Å². The summed E-state index contributed by atoms with van der Waals surface area (Å²) >= 11 is 0. The average Bonchev–Trinajstić information content (AvgIpc) is 3.61. The van der Waals surface area contributed by atoms with Crippen LogP contribution < -0.4 is 26.3 Å². The molecule has 4 aromatic heterocycles. The van der Waals surface area contributed by atoms with E-state index in [9.17, 15) is 14.4 Å². The number of nitrogens with zero attached hydrogens (tertiary/aromatic N) is 6. The highest BCUT2D eigenvalue weighted by Crippen LogP contribution is 2.48. The first-order chi connectivity index (χ1) is 22.8. The molecule has 0 spiro atoms. The molecule has 0 saturated heterocycles. The molecule has 5 aromatic rings. The van der Waals surface area contributed by atoms with E-state index >= 15 is 0 Å². The topological polar surface area (TPSA) is 160 Å². The van der Waals surface area contributed by atoms with E-state index in [0.717, 1.165) is 30.6 Å². The van der Waals surface area contributed by atoms with Gasteiger partial charge in [0.2, 0.25) is 0 Å². The number of benzene rings is 1. The van der Waals surface area contributed by atoms with Gasteiger partial charge in [-0.3, -0.25) is 28.7 Å². The number of para-hydroxylation sites is 1. The van der Waals surface area contributed by atoms with Gasteiger partial charge in [0, 0.05) is 32.1 Å². The third kappa shape index (κ3) is 7.67. The van der Waals surface area contributed by atoms with Crippen molar-refractivity contribution in [2.24, 2.45) is 5.41 Å². The molecule has 0 aliphatic heterocycles. The summed E-state index contributed by atoms with van der Waals surface area (Å²) in [5.41, 5.74) is 0.0749. The van der Waals surface area contributed by atoms with Crippen molar-refractivity contribution in [2.75, 3.05) is 13.2 Å². The Hall–Kier alpha value is -5.07. The van der Waals surface area contributed by atoms with Crippen LogP contribution in [0.2, 0.25) is 0 Å². The van der Waals surface area contributed by atoms with E-state index in [-0.39, 0.29) is 35.6 Å². The Morgan fingerprint density at radius 3 is 2.49 bits per heavy atom. The molecule has 47 heavy (non-hydrogen) atoms. The van der Waals surface area contributed by atoms with Crippen molar-refractivity contribution in [3.63, 3.8) is 0 Å². The number of H-pyrrole nitrogens is 1. The first-order valence-corrected chi connectivity index (χ1v) is 16.1. The molecule has 1 saturated carbocycles. The Morgan fingerprint density at radius 2 is 1.70 bits per heavy atom. The van der Waals surface area contributed by atoms with Gasteiger partial charge in [0.05, 0.1) is 13.2 Å². The van der Waals surface area contributed by atoms with Crippen molar-refractivity contribution in [2.45, 2.75) is 78.3 Å². The van der Waals surface area contributed by atoms with Crippen LogP contribution in [-0.2, 0) is 19.5 Å². The number of pyridine rings is 1. The van der Waals surface area contributed by atoms with Crippen molar-refractivity contribution < 1.29 is 14.0 Å². The van der Waals surface area contributed by atoms with E-state index in [1.165, 1.54) is 9.13 Å². The molecule has 0 radical (unpaired) electrons. The van der Waals surface area contributed by atoms with Gasteiger partial charge in [0.1, 0.15) is 17.0 Å². The fourth-order valence-corrected chi connectivity index (χ4v) is 5.53. The standard InChI is InChI=1S/C34H39N7O6/c1-23-11-3-4-13-25(23)45-21-10-22-46-32-37-27-28(29(42)38-32)40(20-9-15-34(2)16-17-34)33(44)41(31(27)43)19-8-6-14-26-36-30(47-39-26)24-12-5-7-18-35-24/h3-5,7,11-13,18H,6,8-10,14-17,19-22H2,1-2H3,(H,37,38,42). The molecular formula is C34H39N7O6. The number of hydrogen-bond acceptors (Lipinski definition) is 10. The number of hydrogen-bond donors (Lipinski definition) is 1. The zero-order valence-corrected chi connectivity index (χ0v) is 26.7. The van der Waals surface area contributed by atoms with Crippen molar-refractivity contribution in [1.29, 1.82) is 0 Å². The summed E-state index contributed by atoms with van der Waals surface area (Å²) in [6.45, 7) is 5.28. The smallest absolute Gasteiger partial charge is 0.331 e. The number of rotatable bonds is 16. The van der Waals surface area contributed by atoms with E-state index < -0.39 is 16.8 Å². The van der Waals surface area contributed by atoms with Crippen LogP contribution in [0.3, 0.4) is 0 Å². The summed E-state index contributed by atoms with van der Waals surface area (Å²) in [6.07, 6.45) is 7.73. The molecule has 0 atom stereocenters. The second-order valence-electron chi connectivity index (χ2n) is 12.4. The van der Waals surface area contributed by atoms with Crippen molar-refractivity contribution in [3.05, 3.63) is 91.2 Å². The minimum atomic E-state index is -0.619.